The SMILES string of the molecule is CCCNC(CC(C)C)c1c(Br)cnn1CCC. The summed E-state index contributed by atoms with van der Waals surface area (Å²) in [6.45, 7) is 11.0. The summed E-state index contributed by atoms with van der Waals surface area (Å²) >= 11 is 3.65. The molecule has 0 radical (unpaired) electrons. The van der Waals surface area contributed by atoms with Gasteiger partial charge in [0.2, 0.25) is 0 Å². The van der Waals surface area contributed by atoms with Crippen molar-refractivity contribution in [2.45, 2.75) is 59.5 Å². The summed E-state index contributed by atoms with van der Waals surface area (Å²) in [5.41, 5.74) is 1.30. The lowest BCUT2D eigenvalue weighted by atomic mass is 10.0. The lowest BCUT2D eigenvalue weighted by Crippen LogP contribution is -2.26. The normalized spacial score (nSPS) is 13.2. The van der Waals surface area contributed by atoms with Crippen molar-refractivity contribution >= 4 is 15.9 Å². The van der Waals surface area contributed by atoms with E-state index < -0.39 is 0 Å². The number of rotatable bonds is 8. The molecule has 0 saturated carbocycles. The van der Waals surface area contributed by atoms with Crippen molar-refractivity contribution in [3.05, 3.63) is 16.4 Å². The Morgan fingerprint density at radius 1 is 1.33 bits per heavy atom. The van der Waals surface area contributed by atoms with Crippen LogP contribution in [0.15, 0.2) is 10.7 Å². The largest absolute Gasteiger partial charge is 0.309 e. The van der Waals surface area contributed by atoms with Crippen LogP contribution in [0.3, 0.4) is 0 Å². The van der Waals surface area contributed by atoms with Crippen molar-refractivity contribution in [3.63, 3.8) is 0 Å². The van der Waals surface area contributed by atoms with Crippen molar-refractivity contribution in [3.8, 4) is 0 Å². The van der Waals surface area contributed by atoms with Crippen molar-refractivity contribution in [2.75, 3.05) is 6.54 Å². The van der Waals surface area contributed by atoms with Crippen LogP contribution in [0.1, 0.15) is 58.7 Å². The summed E-state index contributed by atoms with van der Waals surface area (Å²) < 4.78 is 3.27. The van der Waals surface area contributed by atoms with Gasteiger partial charge in [-0.05, 0) is 47.7 Å². The maximum Gasteiger partial charge on any atom is 0.0695 e. The average molecular weight is 316 g/mol. The third-order valence-corrected chi connectivity index (χ3v) is 3.56. The molecule has 0 aliphatic heterocycles. The van der Waals surface area contributed by atoms with E-state index in [1.54, 1.807) is 0 Å². The molecule has 1 aromatic heterocycles. The summed E-state index contributed by atoms with van der Waals surface area (Å²) in [5, 5.41) is 8.12. The van der Waals surface area contributed by atoms with Gasteiger partial charge in [-0.15, -0.1) is 0 Å². The second-order valence-electron chi connectivity index (χ2n) is 5.24. The molecule has 1 aromatic rings. The number of nitrogens with one attached hydrogen (secondary N) is 1. The van der Waals surface area contributed by atoms with E-state index >= 15 is 0 Å². The first-order valence-electron chi connectivity index (χ1n) is 7.04. The number of aromatic nitrogens is 2. The van der Waals surface area contributed by atoms with E-state index in [0.29, 0.717) is 12.0 Å². The molecule has 1 atom stereocenters. The van der Waals surface area contributed by atoms with Gasteiger partial charge in [-0.2, -0.15) is 5.10 Å². The first-order valence-corrected chi connectivity index (χ1v) is 7.84. The molecule has 1 rings (SSSR count). The van der Waals surface area contributed by atoms with Gasteiger partial charge >= 0.3 is 0 Å². The molecule has 0 aliphatic carbocycles. The molecule has 104 valence electrons. The van der Waals surface area contributed by atoms with Crippen LogP contribution in [0.2, 0.25) is 0 Å². The maximum atomic E-state index is 4.47. The topological polar surface area (TPSA) is 29.9 Å². The summed E-state index contributed by atoms with van der Waals surface area (Å²) in [6.07, 6.45) is 5.34. The lowest BCUT2D eigenvalue weighted by molar-refractivity contribution is 0.399. The highest BCUT2D eigenvalue weighted by atomic mass is 79.9. The fourth-order valence-corrected chi connectivity index (χ4v) is 2.76. The summed E-state index contributed by atoms with van der Waals surface area (Å²) in [6, 6.07) is 0.397. The van der Waals surface area contributed by atoms with Crippen LogP contribution in [0.4, 0.5) is 0 Å². The molecular weight excluding hydrogens is 290 g/mol. The molecule has 1 N–H and O–H groups in total. The second kappa shape index (κ2) is 7.95. The molecule has 0 saturated heterocycles. The Labute approximate surface area is 119 Å². The lowest BCUT2D eigenvalue weighted by Gasteiger charge is -2.22. The van der Waals surface area contributed by atoms with E-state index in [-0.39, 0.29) is 0 Å². The van der Waals surface area contributed by atoms with Crippen LogP contribution in [-0.2, 0) is 6.54 Å². The molecule has 0 amide bonds. The van der Waals surface area contributed by atoms with E-state index in [9.17, 15) is 0 Å². The van der Waals surface area contributed by atoms with Gasteiger partial charge in [-0.25, -0.2) is 0 Å². The van der Waals surface area contributed by atoms with E-state index in [0.717, 1.165) is 36.8 Å². The number of halogens is 1. The van der Waals surface area contributed by atoms with Gasteiger partial charge in [0.25, 0.3) is 0 Å². The molecule has 4 heteroatoms. The molecule has 0 aromatic carbocycles. The minimum absolute atomic E-state index is 0.397. The van der Waals surface area contributed by atoms with Gasteiger partial charge in [0, 0.05) is 6.54 Å². The Bertz CT molecular complexity index is 347. The minimum Gasteiger partial charge on any atom is -0.309 e. The van der Waals surface area contributed by atoms with Gasteiger partial charge in [-0.1, -0.05) is 27.7 Å². The van der Waals surface area contributed by atoms with Crippen molar-refractivity contribution in [1.29, 1.82) is 0 Å². The summed E-state index contributed by atoms with van der Waals surface area (Å²) in [5.74, 6) is 0.677. The summed E-state index contributed by atoms with van der Waals surface area (Å²) in [7, 11) is 0. The van der Waals surface area contributed by atoms with Crippen molar-refractivity contribution in [1.82, 2.24) is 15.1 Å². The van der Waals surface area contributed by atoms with Gasteiger partial charge < -0.3 is 5.32 Å². The second-order valence-corrected chi connectivity index (χ2v) is 6.09. The van der Waals surface area contributed by atoms with Gasteiger partial charge in [0.1, 0.15) is 0 Å². The third-order valence-electron chi connectivity index (χ3n) is 2.95. The molecular formula is C14H26BrN3. The predicted molar refractivity (Wildman–Crippen MR) is 80.7 cm³/mol. The fourth-order valence-electron chi connectivity index (χ4n) is 2.19. The Balaban J connectivity index is 2.91. The van der Waals surface area contributed by atoms with Crippen molar-refractivity contribution in [2.24, 2.45) is 5.92 Å². The van der Waals surface area contributed by atoms with Gasteiger partial charge in [0.05, 0.1) is 22.4 Å². The van der Waals surface area contributed by atoms with Crippen LogP contribution in [-0.4, -0.2) is 16.3 Å². The van der Waals surface area contributed by atoms with Gasteiger partial charge in [0.15, 0.2) is 0 Å². The highest BCUT2D eigenvalue weighted by Crippen LogP contribution is 2.28. The first kappa shape index (κ1) is 15.7. The zero-order valence-electron chi connectivity index (χ0n) is 12.0. The molecule has 1 heterocycles. The molecule has 18 heavy (non-hydrogen) atoms. The van der Waals surface area contributed by atoms with Crippen LogP contribution in [0.5, 0.6) is 0 Å². The monoisotopic (exact) mass is 315 g/mol. The zero-order chi connectivity index (χ0) is 13.5. The molecule has 3 nitrogen and oxygen atoms in total. The quantitative estimate of drug-likeness (QED) is 0.781. The Morgan fingerprint density at radius 3 is 2.61 bits per heavy atom. The fraction of sp³-hybridized carbons (Fsp3) is 0.786. The number of aryl methyl sites for hydroxylation is 1. The molecule has 0 spiro atoms. The highest BCUT2D eigenvalue weighted by Gasteiger charge is 2.20. The van der Waals surface area contributed by atoms with E-state index in [1.807, 2.05) is 6.20 Å². The standard InChI is InChI=1S/C14H26BrN3/c1-5-7-16-13(9-11(3)4)14-12(15)10-17-18(14)8-6-2/h10-11,13,16H,5-9H2,1-4H3. The number of hydrogen-bond acceptors (Lipinski definition) is 2. The Hall–Kier alpha value is -0.350. The van der Waals surface area contributed by atoms with Crippen LogP contribution >= 0.6 is 15.9 Å². The smallest absolute Gasteiger partial charge is 0.0695 e. The maximum absolute atomic E-state index is 4.47. The zero-order valence-corrected chi connectivity index (χ0v) is 13.6. The van der Waals surface area contributed by atoms with Crippen LogP contribution in [0.25, 0.3) is 0 Å². The van der Waals surface area contributed by atoms with E-state index in [4.69, 9.17) is 0 Å². The number of hydrogen-bond donors (Lipinski definition) is 1. The molecule has 0 bridgehead atoms. The molecule has 1 unspecified atom stereocenters. The first-order chi connectivity index (χ1) is 8.60. The van der Waals surface area contributed by atoms with Gasteiger partial charge in [-0.3, -0.25) is 4.68 Å². The number of nitrogens with zero attached hydrogens (tertiary/aromatic N) is 2. The minimum atomic E-state index is 0.397. The molecule has 0 fully saturated rings. The van der Waals surface area contributed by atoms with E-state index in [2.05, 4.69) is 58.7 Å². The van der Waals surface area contributed by atoms with Crippen LogP contribution < -0.4 is 5.32 Å². The predicted octanol–water partition coefficient (Wildman–Crippen LogP) is 4.14. The Morgan fingerprint density at radius 2 is 2.06 bits per heavy atom. The van der Waals surface area contributed by atoms with Crippen molar-refractivity contribution < 1.29 is 0 Å². The summed E-state index contributed by atoms with van der Waals surface area (Å²) in [4.78, 5) is 0. The van der Waals surface area contributed by atoms with E-state index in [1.165, 1.54) is 5.69 Å². The Kier molecular flexibility index (Phi) is 6.94. The third kappa shape index (κ3) is 4.39. The average Bonchev–Trinajstić information content (AvgIpc) is 2.66. The molecule has 0 aliphatic rings. The van der Waals surface area contributed by atoms with Crippen LogP contribution in [0, 0.1) is 5.92 Å². The highest BCUT2D eigenvalue weighted by molar-refractivity contribution is 9.10.